The maximum absolute atomic E-state index is 14.3. The van der Waals surface area contributed by atoms with E-state index in [0.717, 1.165) is 5.56 Å². The molecule has 4 heterocycles. The van der Waals surface area contributed by atoms with E-state index in [1.807, 2.05) is 75.4 Å². The quantitative estimate of drug-likeness (QED) is 0.319. The van der Waals surface area contributed by atoms with Crippen LogP contribution < -0.4 is 20.9 Å². The Morgan fingerprint density at radius 2 is 1.41 bits per heavy atom. The number of aromatic nitrogens is 4. The summed E-state index contributed by atoms with van der Waals surface area (Å²) in [5.41, 5.74) is 1.96. The minimum absolute atomic E-state index is 0.269. The first-order valence-corrected chi connectivity index (χ1v) is 14.1. The number of anilines is 2. The summed E-state index contributed by atoms with van der Waals surface area (Å²) in [6.07, 6.45) is 0. The van der Waals surface area contributed by atoms with Gasteiger partial charge in [0.1, 0.15) is 9.66 Å². The van der Waals surface area contributed by atoms with E-state index in [1.165, 1.54) is 11.3 Å². The standard InChI is InChI=1S/C29H30N6O3S/c1-4-32(5-2)28-30-24-22(27(37)35(28)21-13-11-19(3)12-14-21)23-25(39-24)31-29(33-15-17-38-18-16-33)34(26(23)36)20-9-7-6-8-10-20/h6-14H,4-5,15-18H2,1-3H3. The zero-order valence-corrected chi connectivity index (χ0v) is 23.1. The van der Waals surface area contributed by atoms with Crippen molar-refractivity contribution in [3.05, 3.63) is 80.9 Å². The molecule has 5 aromatic rings. The first-order chi connectivity index (χ1) is 19.0. The molecule has 0 bridgehead atoms. The third kappa shape index (κ3) is 4.29. The lowest BCUT2D eigenvalue weighted by atomic mass is 10.2. The van der Waals surface area contributed by atoms with Gasteiger partial charge in [-0.2, -0.15) is 0 Å². The van der Waals surface area contributed by atoms with E-state index in [9.17, 15) is 9.59 Å². The predicted molar refractivity (Wildman–Crippen MR) is 157 cm³/mol. The van der Waals surface area contributed by atoms with Crippen LogP contribution in [0.25, 0.3) is 31.8 Å². The lowest BCUT2D eigenvalue weighted by Gasteiger charge is -2.29. The van der Waals surface area contributed by atoms with Gasteiger partial charge in [-0.05, 0) is 45.0 Å². The molecule has 3 aromatic heterocycles. The number of rotatable bonds is 6. The molecule has 0 atom stereocenters. The second kappa shape index (κ2) is 10.3. The fourth-order valence-corrected chi connectivity index (χ4v) is 6.10. The summed E-state index contributed by atoms with van der Waals surface area (Å²) in [5, 5.41) is 0.613. The average Bonchev–Trinajstić information content (AvgIpc) is 3.34. The Hall–Kier alpha value is -4.02. The number of ether oxygens (including phenoxy) is 1. The summed E-state index contributed by atoms with van der Waals surface area (Å²) in [7, 11) is 0. The maximum Gasteiger partial charge on any atom is 0.269 e. The topological polar surface area (TPSA) is 85.5 Å². The molecule has 9 nitrogen and oxygen atoms in total. The van der Waals surface area contributed by atoms with Crippen molar-refractivity contribution in [2.45, 2.75) is 20.8 Å². The van der Waals surface area contributed by atoms with Crippen LogP contribution in [0.4, 0.5) is 11.9 Å². The molecule has 0 aliphatic carbocycles. The van der Waals surface area contributed by atoms with Crippen molar-refractivity contribution in [3.8, 4) is 11.4 Å². The fourth-order valence-electron chi connectivity index (χ4n) is 5.08. The summed E-state index contributed by atoms with van der Waals surface area (Å²) < 4.78 is 8.80. The summed E-state index contributed by atoms with van der Waals surface area (Å²) in [6, 6.07) is 17.2. The lowest BCUT2D eigenvalue weighted by Crippen LogP contribution is -2.40. The number of morpholine rings is 1. The van der Waals surface area contributed by atoms with E-state index < -0.39 is 0 Å². The highest BCUT2D eigenvalue weighted by molar-refractivity contribution is 7.25. The molecule has 1 saturated heterocycles. The molecule has 6 rings (SSSR count). The largest absolute Gasteiger partial charge is 0.378 e. The Labute approximate surface area is 229 Å². The molecule has 0 saturated carbocycles. The van der Waals surface area contributed by atoms with Gasteiger partial charge in [-0.15, -0.1) is 0 Å². The van der Waals surface area contributed by atoms with Crippen LogP contribution in [-0.2, 0) is 4.74 Å². The summed E-state index contributed by atoms with van der Waals surface area (Å²) in [5.74, 6) is 1.11. The minimum atomic E-state index is -0.274. The van der Waals surface area contributed by atoms with Gasteiger partial charge >= 0.3 is 0 Å². The zero-order chi connectivity index (χ0) is 27.1. The third-order valence-corrected chi connectivity index (χ3v) is 8.13. The van der Waals surface area contributed by atoms with E-state index in [1.54, 1.807) is 9.13 Å². The normalized spacial score (nSPS) is 13.9. The summed E-state index contributed by atoms with van der Waals surface area (Å²) in [4.78, 5) is 43.8. The molecule has 0 unspecified atom stereocenters. The van der Waals surface area contributed by atoms with Gasteiger partial charge in [0.2, 0.25) is 11.9 Å². The molecule has 1 fully saturated rings. The molecule has 39 heavy (non-hydrogen) atoms. The highest BCUT2D eigenvalue weighted by Crippen LogP contribution is 2.32. The molecule has 0 spiro atoms. The molecular weight excluding hydrogens is 512 g/mol. The Balaban J connectivity index is 1.71. The van der Waals surface area contributed by atoms with Crippen LogP contribution in [-0.4, -0.2) is 58.5 Å². The van der Waals surface area contributed by atoms with Gasteiger partial charge in [-0.25, -0.2) is 19.1 Å². The first-order valence-electron chi connectivity index (χ1n) is 13.2. The first kappa shape index (κ1) is 25.3. The molecule has 1 aliphatic heterocycles. The van der Waals surface area contributed by atoms with E-state index in [4.69, 9.17) is 14.7 Å². The number of aryl methyl sites for hydroxylation is 1. The molecule has 2 aromatic carbocycles. The van der Waals surface area contributed by atoms with Crippen molar-refractivity contribution in [2.24, 2.45) is 0 Å². The van der Waals surface area contributed by atoms with Gasteiger partial charge in [0, 0.05) is 26.2 Å². The van der Waals surface area contributed by atoms with Crippen molar-refractivity contribution in [3.63, 3.8) is 0 Å². The van der Waals surface area contributed by atoms with E-state index in [0.29, 0.717) is 83.1 Å². The molecule has 10 heteroatoms. The van der Waals surface area contributed by atoms with Crippen LogP contribution in [0.15, 0.2) is 64.2 Å². The molecule has 1 aliphatic rings. The van der Waals surface area contributed by atoms with Gasteiger partial charge in [-0.3, -0.25) is 9.59 Å². The number of thiophene rings is 1. The lowest BCUT2D eigenvalue weighted by molar-refractivity contribution is 0.122. The molecule has 0 radical (unpaired) electrons. The molecule has 0 amide bonds. The minimum Gasteiger partial charge on any atom is -0.378 e. The van der Waals surface area contributed by atoms with Crippen molar-refractivity contribution >= 4 is 43.7 Å². The Morgan fingerprint density at radius 3 is 2.05 bits per heavy atom. The van der Waals surface area contributed by atoms with Gasteiger partial charge in [-0.1, -0.05) is 47.2 Å². The highest BCUT2D eigenvalue weighted by atomic mass is 32.1. The smallest absolute Gasteiger partial charge is 0.269 e. The molecule has 0 N–H and O–H groups in total. The predicted octanol–water partition coefficient (Wildman–Crippen LogP) is 4.14. The molecule has 200 valence electrons. The van der Waals surface area contributed by atoms with Gasteiger partial charge in [0.25, 0.3) is 11.1 Å². The average molecular weight is 543 g/mol. The van der Waals surface area contributed by atoms with Crippen LogP contribution in [0.5, 0.6) is 0 Å². The second-order valence-electron chi connectivity index (χ2n) is 9.51. The van der Waals surface area contributed by atoms with E-state index in [-0.39, 0.29) is 11.1 Å². The van der Waals surface area contributed by atoms with Crippen LogP contribution >= 0.6 is 11.3 Å². The maximum atomic E-state index is 14.3. The number of benzene rings is 2. The SMILES string of the molecule is CCN(CC)c1nc2sc3nc(N4CCOCC4)n(-c4ccccc4)c(=O)c3c2c(=O)n1-c1ccc(C)cc1. The number of hydrogen-bond donors (Lipinski definition) is 0. The van der Waals surface area contributed by atoms with Gasteiger partial charge < -0.3 is 14.5 Å². The van der Waals surface area contributed by atoms with Crippen LogP contribution in [0.1, 0.15) is 19.4 Å². The third-order valence-electron chi connectivity index (χ3n) is 7.15. The highest BCUT2D eigenvalue weighted by Gasteiger charge is 2.26. The Kier molecular flexibility index (Phi) is 6.66. The Morgan fingerprint density at radius 1 is 0.821 bits per heavy atom. The number of para-hydroxylation sites is 1. The van der Waals surface area contributed by atoms with E-state index >= 15 is 0 Å². The van der Waals surface area contributed by atoms with Gasteiger partial charge in [0.15, 0.2) is 0 Å². The van der Waals surface area contributed by atoms with Crippen molar-refractivity contribution in [1.29, 1.82) is 0 Å². The van der Waals surface area contributed by atoms with Crippen LogP contribution in [0, 0.1) is 6.92 Å². The zero-order valence-electron chi connectivity index (χ0n) is 22.3. The van der Waals surface area contributed by atoms with Crippen molar-refractivity contribution < 1.29 is 4.74 Å². The summed E-state index contributed by atoms with van der Waals surface area (Å²) in [6.45, 7) is 9.83. The molecular formula is C29H30N6O3S. The number of hydrogen-bond acceptors (Lipinski definition) is 8. The number of nitrogens with zero attached hydrogens (tertiary/aromatic N) is 6. The monoisotopic (exact) mass is 542 g/mol. The fraction of sp³-hybridized carbons (Fsp3) is 0.310. The second-order valence-corrected chi connectivity index (χ2v) is 10.5. The number of fused-ring (bicyclic) bond motifs is 3. The van der Waals surface area contributed by atoms with Crippen molar-refractivity contribution in [1.82, 2.24) is 19.1 Å². The van der Waals surface area contributed by atoms with Crippen molar-refractivity contribution in [2.75, 3.05) is 49.2 Å². The van der Waals surface area contributed by atoms with Crippen LogP contribution in [0.3, 0.4) is 0 Å². The van der Waals surface area contributed by atoms with Crippen LogP contribution in [0.2, 0.25) is 0 Å². The van der Waals surface area contributed by atoms with Gasteiger partial charge in [0.05, 0.1) is 35.4 Å². The Bertz CT molecular complexity index is 1770. The van der Waals surface area contributed by atoms with E-state index in [2.05, 4.69) is 9.80 Å². The summed E-state index contributed by atoms with van der Waals surface area (Å²) >= 11 is 1.30.